The van der Waals surface area contributed by atoms with Crippen LogP contribution < -0.4 is 11.1 Å². The van der Waals surface area contributed by atoms with E-state index >= 15 is 0 Å². The number of nitrogens with two attached hydrogens (primary N) is 1. The Kier molecular flexibility index (Phi) is 5.18. The Bertz CT molecular complexity index is 423. The zero-order chi connectivity index (χ0) is 14.6. The third-order valence-corrected chi connectivity index (χ3v) is 3.29. The maximum Gasteiger partial charge on any atom is 0.268 e. The van der Waals surface area contributed by atoms with Gasteiger partial charge < -0.3 is 15.6 Å². The number of rotatable bonds is 6. The van der Waals surface area contributed by atoms with Crippen LogP contribution >= 0.6 is 0 Å². The van der Waals surface area contributed by atoms with Crippen molar-refractivity contribution in [3.63, 3.8) is 0 Å². The standard InChI is InChI=1S/C15H27N3O/c1-11(2)9-15(5,10-16)17-14(19)13-7-6-8-18(13)12(3)4/h6-8,11-12H,9-10,16H2,1-5H3,(H,17,19). The highest BCUT2D eigenvalue weighted by Crippen LogP contribution is 2.17. The molecule has 0 spiro atoms. The monoisotopic (exact) mass is 265 g/mol. The Morgan fingerprint density at radius 2 is 2.05 bits per heavy atom. The number of aromatic nitrogens is 1. The second kappa shape index (κ2) is 6.24. The lowest BCUT2D eigenvalue weighted by molar-refractivity contribution is 0.0887. The lowest BCUT2D eigenvalue weighted by atomic mass is 9.90. The normalized spacial score (nSPS) is 14.7. The molecular weight excluding hydrogens is 238 g/mol. The lowest BCUT2D eigenvalue weighted by Crippen LogP contribution is -2.52. The van der Waals surface area contributed by atoms with E-state index in [9.17, 15) is 4.79 Å². The van der Waals surface area contributed by atoms with Gasteiger partial charge in [-0.15, -0.1) is 0 Å². The van der Waals surface area contributed by atoms with E-state index in [1.165, 1.54) is 0 Å². The highest BCUT2D eigenvalue weighted by atomic mass is 16.2. The highest BCUT2D eigenvalue weighted by Gasteiger charge is 2.27. The van der Waals surface area contributed by atoms with Gasteiger partial charge >= 0.3 is 0 Å². The van der Waals surface area contributed by atoms with E-state index < -0.39 is 0 Å². The molecule has 1 aromatic rings. The Balaban J connectivity index is 2.86. The molecule has 1 aromatic heterocycles. The highest BCUT2D eigenvalue weighted by molar-refractivity contribution is 5.93. The van der Waals surface area contributed by atoms with Gasteiger partial charge in [0, 0.05) is 18.8 Å². The summed E-state index contributed by atoms with van der Waals surface area (Å²) < 4.78 is 1.97. The molecule has 1 heterocycles. The van der Waals surface area contributed by atoms with Crippen molar-refractivity contribution >= 4 is 5.91 Å². The van der Waals surface area contributed by atoms with Gasteiger partial charge in [0.25, 0.3) is 5.91 Å². The molecule has 108 valence electrons. The molecule has 0 fully saturated rings. The summed E-state index contributed by atoms with van der Waals surface area (Å²) in [7, 11) is 0. The van der Waals surface area contributed by atoms with Crippen LogP contribution in [0.15, 0.2) is 18.3 Å². The van der Waals surface area contributed by atoms with Crippen LogP contribution in [0.5, 0.6) is 0 Å². The molecule has 19 heavy (non-hydrogen) atoms. The summed E-state index contributed by atoms with van der Waals surface area (Å²) in [5.74, 6) is 0.443. The van der Waals surface area contributed by atoms with Gasteiger partial charge in [0.2, 0.25) is 0 Å². The summed E-state index contributed by atoms with van der Waals surface area (Å²) in [6.45, 7) is 10.8. The van der Waals surface area contributed by atoms with Crippen molar-refractivity contribution in [2.75, 3.05) is 6.54 Å². The Labute approximate surface area is 116 Å². The van der Waals surface area contributed by atoms with Crippen LogP contribution in [0.2, 0.25) is 0 Å². The van der Waals surface area contributed by atoms with E-state index in [1.54, 1.807) is 0 Å². The first-order chi connectivity index (χ1) is 8.79. The van der Waals surface area contributed by atoms with Gasteiger partial charge in [0.1, 0.15) is 5.69 Å². The van der Waals surface area contributed by atoms with E-state index in [0.717, 1.165) is 6.42 Å². The fourth-order valence-electron chi connectivity index (χ4n) is 2.46. The molecule has 1 amide bonds. The van der Waals surface area contributed by atoms with Crippen molar-refractivity contribution in [1.29, 1.82) is 0 Å². The fraction of sp³-hybridized carbons (Fsp3) is 0.667. The van der Waals surface area contributed by atoms with Crippen LogP contribution in [-0.2, 0) is 0 Å². The molecule has 0 bridgehead atoms. The average molecular weight is 265 g/mol. The van der Waals surface area contributed by atoms with Crippen LogP contribution in [-0.4, -0.2) is 22.6 Å². The van der Waals surface area contributed by atoms with Gasteiger partial charge in [0.15, 0.2) is 0 Å². The molecular formula is C15H27N3O. The summed E-state index contributed by atoms with van der Waals surface area (Å²) in [5, 5.41) is 3.09. The van der Waals surface area contributed by atoms with E-state index in [2.05, 4.69) is 33.0 Å². The average Bonchev–Trinajstić information content (AvgIpc) is 2.76. The van der Waals surface area contributed by atoms with Crippen molar-refractivity contribution in [3.05, 3.63) is 24.0 Å². The van der Waals surface area contributed by atoms with Gasteiger partial charge in [-0.05, 0) is 45.2 Å². The molecule has 1 atom stereocenters. The van der Waals surface area contributed by atoms with Gasteiger partial charge in [-0.3, -0.25) is 4.79 Å². The largest absolute Gasteiger partial charge is 0.344 e. The summed E-state index contributed by atoms with van der Waals surface area (Å²) >= 11 is 0. The van der Waals surface area contributed by atoms with Crippen molar-refractivity contribution < 1.29 is 4.79 Å². The second-order valence-electron chi connectivity index (χ2n) is 6.21. The Hall–Kier alpha value is -1.29. The minimum atomic E-state index is -0.350. The first kappa shape index (κ1) is 15.8. The van der Waals surface area contributed by atoms with Crippen LogP contribution in [0.1, 0.15) is 57.6 Å². The predicted molar refractivity (Wildman–Crippen MR) is 79.2 cm³/mol. The Morgan fingerprint density at radius 1 is 1.42 bits per heavy atom. The summed E-state index contributed by atoms with van der Waals surface area (Å²) in [5.41, 5.74) is 6.18. The number of carbonyl (C=O) groups is 1. The number of amides is 1. The maximum atomic E-state index is 12.4. The third-order valence-electron chi connectivity index (χ3n) is 3.29. The van der Waals surface area contributed by atoms with E-state index in [0.29, 0.717) is 18.2 Å². The van der Waals surface area contributed by atoms with E-state index in [1.807, 2.05) is 29.8 Å². The number of carbonyl (C=O) groups excluding carboxylic acids is 1. The molecule has 0 aliphatic rings. The second-order valence-corrected chi connectivity index (χ2v) is 6.21. The molecule has 0 saturated heterocycles. The van der Waals surface area contributed by atoms with Gasteiger partial charge in [-0.2, -0.15) is 0 Å². The summed E-state index contributed by atoms with van der Waals surface area (Å²) in [4.78, 5) is 12.4. The number of hydrogen-bond acceptors (Lipinski definition) is 2. The molecule has 0 aromatic carbocycles. The van der Waals surface area contributed by atoms with Crippen LogP contribution in [0, 0.1) is 5.92 Å². The molecule has 1 unspecified atom stereocenters. The van der Waals surface area contributed by atoms with Crippen molar-refractivity contribution in [2.24, 2.45) is 11.7 Å². The van der Waals surface area contributed by atoms with Gasteiger partial charge in [0.05, 0.1) is 5.54 Å². The number of hydrogen-bond donors (Lipinski definition) is 2. The maximum absolute atomic E-state index is 12.4. The lowest BCUT2D eigenvalue weighted by Gasteiger charge is -2.31. The fourth-order valence-corrected chi connectivity index (χ4v) is 2.46. The topological polar surface area (TPSA) is 60.0 Å². The van der Waals surface area contributed by atoms with Crippen molar-refractivity contribution in [3.8, 4) is 0 Å². The molecule has 0 aliphatic heterocycles. The van der Waals surface area contributed by atoms with Crippen molar-refractivity contribution in [1.82, 2.24) is 9.88 Å². The number of nitrogens with one attached hydrogen (secondary N) is 1. The number of nitrogens with zero attached hydrogens (tertiary/aromatic N) is 1. The minimum absolute atomic E-state index is 0.0488. The van der Waals surface area contributed by atoms with Crippen LogP contribution in [0.3, 0.4) is 0 Å². The van der Waals surface area contributed by atoms with Crippen molar-refractivity contribution in [2.45, 2.75) is 52.6 Å². The first-order valence-electron chi connectivity index (χ1n) is 6.98. The molecule has 1 rings (SSSR count). The van der Waals surface area contributed by atoms with Crippen LogP contribution in [0.4, 0.5) is 0 Å². The van der Waals surface area contributed by atoms with Gasteiger partial charge in [-0.1, -0.05) is 13.8 Å². The molecule has 4 heteroatoms. The summed E-state index contributed by atoms with van der Waals surface area (Å²) in [6, 6.07) is 4.02. The molecule has 0 aliphatic carbocycles. The minimum Gasteiger partial charge on any atom is -0.344 e. The van der Waals surface area contributed by atoms with E-state index in [-0.39, 0.29) is 17.5 Å². The van der Waals surface area contributed by atoms with Gasteiger partial charge in [-0.25, -0.2) is 0 Å². The quantitative estimate of drug-likeness (QED) is 0.830. The molecule has 3 N–H and O–H groups in total. The Morgan fingerprint density at radius 3 is 2.53 bits per heavy atom. The van der Waals surface area contributed by atoms with Crippen LogP contribution in [0.25, 0.3) is 0 Å². The third kappa shape index (κ3) is 4.10. The zero-order valence-electron chi connectivity index (χ0n) is 12.7. The smallest absolute Gasteiger partial charge is 0.268 e. The SMILES string of the molecule is CC(C)CC(C)(CN)NC(=O)c1cccn1C(C)C. The predicted octanol–water partition coefficient (Wildman–Crippen LogP) is 2.56. The zero-order valence-corrected chi connectivity index (χ0v) is 12.7. The molecule has 0 radical (unpaired) electrons. The molecule has 0 saturated carbocycles. The molecule has 4 nitrogen and oxygen atoms in total. The van der Waals surface area contributed by atoms with E-state index in [4.69, 9.17) is 5.73 Å². The summed E-state index contributed by atoms with van der Waals surface area (Å²) in [6.07, 6.45) is 2.80. The first-order valence-corrected chi connectivity index (χ1v) is 6.98.